The predicted molar refractivity (Wildman–Crippen MR) is 116 cm³/mol. The minimum Gasteiger partial charge on any atom is -0.493 e. The lowest BCUT2D eigenvalue weighted by Gasteiger charge is -2.15. The topological polar surface area (TPSA) is 103 Å². The molecule has 0 aromatic heterocycles. The van der Waals surface area contributed by atoms with Gasteiger partial charge in [-0.1, -0.05) is 13.3 Å². The smallest absolute Gasteiger partial charge is 0.339 e. The van der Waals surface area contributed by atoms with Gasteiger partial charge in [0, 0.05) is 0 Å². The third-order valence-electron chi connectivity index (χ3n) is 4.54. The fourth-order valence-corrected chi connectivity index (χ4v) is 2.65. The molecule has 0 saturated heterocycles. The van der Waals surface area contributed by atoms with E-state index in [2.05, 4.69) is 5.32 Å². The van der Waals surface area contributed by atoms with Crippen LogP contribution in [0, 0.1) is 17.5 Å². The largest absolute Gasteiger partial charge is 0.493 e. The Kier molecular flexibility index (Phi) is 9.72. The number of anilines is 1. The van der Waals surface area contributed by atoms with Gasteiger partial charge in [-0.05, 0) is 43.7 Å². The van der Waals surface area contributed by atoms with E-state index in [-0.39, 0.29) is 5.56 Å². The molecule has 0 radical (unpaired) electrons. The summed E-state index contributed by atoms with van der Waals surface area (Å²) in [6, 6.07) is 5.91. The molecule has 2 aromatic rings. The third-order valence-corrected chi connectivity index (χ3v) is 4.54. The highest BCUT2D eigenvalue weighted by atomic mass is 19.2. The lowest BCUT2D eigenvalue weighted by atomic mass is 10.2. The van der Waals surface area contributed by atoms with Gasteiger partial charge in [0.1, 0.15) is 0 Å². The average molecular weight is 482 g/mol. The summed E-state index contributed by atoms with van der Waals surface area (Å²) < 4.78 is 55.7. The lowest BCUT2D eigenvalue weighted by molar-refractivity contribution is -0.130. The van der Waals surface area contributed by atoms with Gasteiger partial charge >= 0.3 is 5.97 Å². The first-order chi connectivity index (χ1) is 16.2. The Bertz CT molecular complexity index is 1050. The Labute approximate surface area is 194 Å². The summed E-state index contributed by atoms with van der Waals surface area (Å²) in [4.78, 5) is 36.4. The van der Waals surface area contributed by atoms with Crippen molar-refractivity contribution in [1.29, 1.82) is 0 Å². The molecule has 1 atom stereocenters. The molecule has 2 rings (SSSR count). The van der Waals surface area contributed by atoms with Crippen molar-refractivity contribution < 1.29 is 41.8 Å². The minimum atomic E-state index is -1.74. The number of carbonyl (C=O) groups is 3. The van der Waals surface area contributed by atoms with Gasteiger partial charge in [0.2, 0.25) is 5.91 Å². The van der Waals surface area contributed by atoms with Gasteiger partial charge in [-0.25, -0.2) is 18.0 Å². The van der Waals surface area contributed by atoms with Crippen LogP contribution in [0.2, 0.25) is 0 Å². The van der Waals surface area contributed by atoms with Crippen LogP contribution in [0.1, 0.15) is 37.0 Å². The van der Waals surface area contributed by atoms with E-state index in [0.717, 1.165) is 18.9 Å². The van der Waals surface area contributed by atoms with Gasteiger partial charge < -0.3 is 24.8 Å². The third kappa shape index (κ3) is 7.12. The van der Waals surface area contributed by atoms with Crippen LogP contribution in [-0.2, 0) is 14.3 Å². The molecule has 0 spiro atoms. The van der Waals surface area contributed by atoms with Crippen LogP contribution in [0.25, 0.3) is 0 Å². The molecule has 0 saturated carbocycles. The summed E-state index contributed by atoms with van der Waals surface area (Å²) >= 11 is 0. The Balaban J connectivity index is 1.89. The second-order valence-corrected chi connectivity index (χ2v) is 7.10. The first-order valence-corrected chi connectivity index (χ1v) is 10.4. The molecule has 0 bridgehead atoms. The van der Waals surface area contributed by atoms with Crippen molar-refractivity contribution in [1.82, 2.24) is 5.32 Å². The molecular weight excluding hydrogens is 457 g/mol. The highest BCUT2D eigenvalue weighted by Gasteiger charge is 2.21. The van der Waals surface area contributed by atoms with Crippen LogP contribution in [0.15, 0.2) is 30.3 Å². The Morgan fingerprint density at radius 1 is 1.03 bits per heavy atom. The van der Waals surface area contributed by atoms with E-state index in [1.165, 1.54) is 26.2 Å². The van der Waals surface area contributed by atoms with E-state index in [1.54, 1.807) is 6.07 Å². The number of ether oxygens (including phenoxy) is 3. The zero-order valence-electron chi connectivity index (χ0n) is 18.9. The van der Waals surface area contributed by atoms with Gasteiger partial charge in [0.05, 0.1) is 31.5 Å². The summed E-state index contributed by atoms with van der Waals surface area (Å²) in [6.07, 6.45) is 0.537. The molecule has 8 nitrogen and oxygen atoms in total. The second kappa shape index (κ2) is 12.5. The SMILES string of the molecule is CCCCOc1ccc(C(=O)OC(C)C(=O)NCC(=O)Nc2ccc(F)c(F)c2F)cc1OC. The number of halogens is 3. The molecule has 1 unspecified atom stereocenters. The number of amides is 2. The van der Waals surface area contributed by atoms with Crippen molar-refractivity contribution in [2.24, 2.45) is 0 Å². The Morgan fingerprint density at radius 2 is 1.76 bits per heavy atom. The number of carbonyl (C=O) groups excluding carboxylic acids is 3. The van der Waals surface area contributed by atoms with E-state index < -0.39 is 53.6 Å². The van der Waals surface area contributed by atoms with Gasteiger partial charge in [-0.15, -0.1) is 0 Å². The van der Waals surface area contributed by atoms with Gasteiger partial charge in [-0.2, -0.15) is 0 Å². The average Bonchev–Trinajstić information content (AvgIpc) is 2.83. The number of hydrogen-bond acceptors (Lipinski definition) is 6. The molecule has 34 heavy (non-hydrogen) atoms. The van der Waals surface area contributed by atoms with Gasteiger partial charge in [0.25, 0.3) is 5.91 Å². The molecular formula is C23H25F3N2O6. The van der Waals surface area contributed by atoms with E-state index in [1.807, 2.05) is 12.2 Å². The zero-order chi connectivity index (χ0) is 25.3. The van der Waals surface area contributed by atoms with Crippen LogP contribution in [0.3, 0.4) is 0 Å². The van der Waals surface area contributed by atoms with Gasteiger partial charge in [-0.3, -0.25) is 9.59 Å². The quantitative estimate of drug-likeness (QED) is 0.288. The number of rotatable bonds is 11. The Hall–Kier alpha value is -3.76. The standard InChI is InChI=1S/C23H25F3N2O6/c1-4-5-10-33-17-9-6-14(11-18(17)32-3)23(31)34-13(2)22(30)27-12-19(29)28-16-8-7-15(24)20(25)21(16)26/h6-9,11,13H,4-5,10,12H2,1-3H3,(H,27,30)(H,28,29). The van der Waals surface area contributed by atoms with Gasteiger partial charge in [0.15, 0.2) is 35.1 Å². The van der Waals surface area contributed by atoms with Crippen LogP contribution < -0.4 is 20.1 Å². The summed E-state index contributed by atoms with van der Waals surface area (Å²) in [5, 5.41) is 4.21. The van der Waals surface area contributed by atoms with Crippen molar-refractivity contribution in [3.8, 4) is 11.5 Å². The maximum Gasteiger partial charge on any atom is 0.339 e. The first kappa shape index (κ1) is 26.5. The summed E-state index contributed by atoms with van der Waals surface area (Å²) in [5.74, 6) is -6.45. The fraction of sp³-hybridized carbons (Fsp3) is 0.348. The lowest BCUT2D eigenvalue weighted by Crippen LogP contribution is -2.40. The van der Waals surface area contributed by atoms with Crippen LogP contribution >= 0.6 is 0 Å². The number of unbranched alkanes of at least 4 members (excludes halogenated alkanes) is 1. The highest BCUT2D eigenvalue weighted by molar-refractivity contribution is 5.96. The minimum absolute atomic E-state index is 0.117. The number of methoxy groups -OCH3 is 1. The summed E-state index contributed by atoms with van der Waals surface area (Å²) in [5.41, 5.74) is -0.473. The van der Waals surface area contributed by atoms with Crippen molar-refractivity contribution in [2.75, 3.05) is 25.6 Å². The highest BCUT2D eigenvalue weighted by Crippen LogP contribution is 2.28. The zero-order valence-corrected chi connectivity index (χ0v) is 18.9. The number of hydrogen-bond donors (Lipinski definition) is 2. The molecule has 2 amide bonds. The van der Waals surface area contributed by atoms with Crippen molar-refractivity contribution in [2.45, 2.75) is 32.8 Å². The van der Waals surface area contributed by atoms with Crippen LogP contribution in [0.4, 0.5) is 18.9 Å². The van der Waals surface area contributed by atoms with E-state index in [4.69, 9.17) is 14.2 Å². The van der Waals surface area contributed by atoms with E-state index in [9.17, 15) is 27.6 Å². The molecule has 0 fully saturated rings. The first-order valence-electron chi connectivity index (χ1n) is 10.4. The number of esters is 1. The van der Waals surface area contributed by atoms with Crippen LogP contribution in [0.5, 0.6) is 11.5 Å². The monoisotopic (exact) mass is 482 g/mol. The summed E-state index contributed by atoms with van der Waals surface area (Å²) in [7, 11) is 1.42. The molecule has 2 N–H and O–H groups in total. The second-order valence-electron chi connectivity index (χ2n) is 7.10. The van der Waals surface area contributed by atoms with Crippen molar-refractivity contribution in [3.05, 3.63) is 53.3 Å². The molecule has 0 heterocycles. The normalized spacial score (nSPS) is 11.4. The Morgan fingerprint density at radius 3 is 2.44 bits per heavy atom. The maximum atomic E-state index is 13.6. The molecule has 11 heteroatoms. The fourth-order valence-electron chi connectivity index (χ4n) is 2.65. The van der Waals surface area contributed by atoms with E-state index >= 15 is 0 Å². The molecule has 2 aromatic carbocycles. The molecule has 0 aliphatic rings. The molecule has 0 aliphatic heterocycles. The molecule has 0 aliphatic carbocycles. The number of nitrogens with one attached hydrogen (secondary N) is 2. The molecule has 184 valence electrons. The van der Waals surface area contributed by atoms with Crippen molar-refractivity contribution >= 4 is 23.5 Å². The van der Waals surface area contributed by atoms with Crippen molar-refractivity contribution in [3.63, 3.8) is 0 Å². The maximum absolute atomic E-state index is 13.6. The van der Waals surface area contributed by atoms with E-state index in [0.29, 0.717) is 24.2 Å². The predicted octanol–water partition coefficient (Wildman–Crippen LogP) is 3.59. The summed E-state index contributed by atoms with van der Waals surface area (Å²) in [6.45, 7) is 3.18. The number of benzene rings is 2. The van der Waals surface area contributed by atoms with Crippen LogP contribution in [-0.4, -0.2) is 44.1 Å².